The summed E-state index contributed by atoms with van der Waals surface area (Å²) in [6.45, 7) is -1.10. The van der Waals surface area contributed by atoms with Crippen LogP contribution >= 0.6 is 23.5 Å². The van der Waals surface area contributed by atoms with Gasteiger partial charge in [0.1, 0.15) is 24.4 Å². The summed E-state index contributed by atoms with van der Waals surface area (Å²) in [4.78, 5) is 46.9. The maximum absolute atomic E-state index is 11.9. The summed E-state index contributed by atoms with van der Waals surface area (Å²) in [7, 11) is -15.1. The summed E-state index contributed by atoms with van der Waals surface area (Å²) < 4.78 is 52.4. The molecule has 0 bridgehead atoms. The molecular weight excluding hydrogens is 529 g/mol. The Morgan fingerprint density at radius 2 is 1.79 bits per heavy atom. The minimum absolute atomic E-state index is 0.00838. The van der Waals surface area contributed by atoms with Gasteiger partial charge in [0.05, 0.1) is 13.2 Å². The maximum atomic E-state index is 11.9. The number of phosphoric ester groups is 1. The van der Waals surface area contributed by atoms with Crippen LogP contribution < -0.4 is 15.6 Å². The Kier molecular flexibility index (Phi) is 7.82. The van der Waals surface area contributed by atoms with Crippen LogP contribution in [0, 0.1) is 0 Å². The highest BCUT2D eigenvalue weighted by molar-refractivity contribution is 7.66. The van der Waals surface area contributed by atoms with Crippen LogP contribution in [0.2, 0.25) is 0 Å². The Morgan fingerprint density at radius 1 is 1.15 bits per heavy atom. The fourth-order valence-corrected chi connectivity index (χ4v) is 6.16. The van der Waals surface area contributed by atoms with Gasteiger partial charge < -0.3 is 50.6 Å². The molecule has 2 aromatic rings. The first kappa shape index (κ1) is 27.0. The van der Waals surface area contributed by atoms with E-state index in [2.05, 4.69) is 33.4 Å². The van der Waals surface area contributed by atoms with E-state index < -0.39 is 54.5 Å². The zero-order valence-electron chi connectivity index (χ0n) is 17.1. The van der Waals surface area contributed by atoms with Crippen molar-refractivity contribution in [2.45, 2.75) is 31.0 Å². The Hall–Kier alpha value is -1.56. The Labute approximate surface area is 189 Å². The van der Waals surface area contributed by atoms with Gasteiger partial charge in [-0.05, 0) is 0 Å². The average molecular weight is 551 g/mol. The molecule has 0 amide bonds. The predicted octanol–water partition coefficient (Wildman–Crippen LogP) is -2.30. The molecule has 1 saturated heterocycles. The number of anilines is 2. The summed E-state index contributed by atoms with van der Waals surface area (Å²) in [5, 5.41) is 23.4. The first-order valence-corrected chi connectivity index (χ1v) is 13.6. The van der Waals surface area contributed by atoms with Gasteiger partial charge in [-0.25, -0.2) is 18.3 Å². The average Bonchev–Trinajstić information content (AvgIpc) is 3.26. The van der Waals surface area contributed by atoms with E-state index in [0.29, 0.717) is 17.0 Å². The monoisotopic (exact) mass is 551 g/mol. The van der Waals surface area contributed by atoms with Crippen LogP contribution in [0.4, 0.5) is 11.8 Å². The van der Waals surface area contributed by atoms with Gasteiger partial charge in [0.25, 0.3) is 5.65 Å². The van der Waals surface area contributed by atoms with Crippen molar-refractivity contribution in [3.8, 4) is 0 Å². The Morgan fingerprint density at radius 3 is 2.41 bits per heavy atom. The number of aromatic amines is 1. The molecule has 1 fully saturated rings. The molecule has 3 rings (SSSR count). The van der Waals surface area contributed by atoms with Crippen molar-refractivity contribution < 1.29 is 65.9 Å². The molecule has 22 heteroatoms. The minimum Gasteiger partial charge on any atom is -0.388 e. The van der Waals surface area contributed by atoms with Gasteiger partial charge in [0.2, 0.25) is 5.82 Å². The summed E-state index contributed by atoms with van der Waals surface area (Å²) in [6, 6.07) is 0. The van der Waals surface area contributed by atoms with E-state index >= 15 is 0 Å². The van der Waals surface area contributed by atoms with E-state index in [9.17, 15) is 28.8 Å². The molecule has 3 unspecified atom stereocenters. The van der Waals surface area contributed by atoms with Crippen molar-refractivity contribution in [1.29, 1.82) is 0 Å². The second-order valence-corrected chi connectivity index (χ2v) is 11.3. The molecule has 0 spiro atoms. The lowest BCUT2D eigenvalue weighted by Crippen LogP contribution is -2.48. The number of rotatable bonds is 10. The third-order valence-corrected chi connectivity index (χ3v) is 8.30. The van der Waals surface area contributed by atoms with Crippen LogP contribution in [0.25, 0.3) is 11.2 Å². The van der Waals surface area contributed by atoms with Crippen LogP contribution in [0.3, 0.4) is 0 Å². The molecule has 0 saturated carbocycles. The minimum atomic E-state index is -5.71. The van der Waals surface area contributed by atoms with E-state index in [0.717, 1.165) is 0 Å². The van der Waals surface area contributed by atoms with Crippen molar-refractivity contribution >= 4 is 46.4 Å². The third kappa shape index (κ3) is 6.35. The van der Waals surface area contributed by atoms with Crippen molar-refractivity contribution in [1.82, 2.24) is 15.0 Å². The van der Waals surface area contributed by atoms with E-state index in [1.54, 1.807) is 7.05 Å². The molecule has 1 aliphatic heterocycles. The number of nitrogens with two attached hydrogens (primary N) is 1. The third-order valence-electron chi connectivity index (χ3n) is 4.49. The normalized spacial score (nSPS) is 26.9. The standard InChI is InChI=1S/C12H21N6O13P3/c1-14-10-7-11(16-4-15-7)18(12(13)17-10)2-5-8(19)9(20)6(29-5)3-28-33(24,25)31-34(26,27)30-32(21,22)23/h4-6,8-9,19-20H,2-3H2,1H3,(H7,13,14,15,16,17,21,22,23,24,25,26,27)/p+1/t5-,6+,8+,9?/m0/s1. The first-order valence-electron chi connectivity index (χ1n) is 9.12. The van der Waals surface area contributed by atoms with Crippen LogP contribution in [0.15, 0.2) is 6.33 Å². The largest absolute Gasteiger partial charge is 0.490 e. The highest BCUT2D eigenvalue weighted by atomic mass is 31.3. The molecule has 10 N–H and O–H groups in total. The number of H-pyrrole nitrogens is 1. The second-order valence-electron chi connectivity index (χ2n) is 6.86. The lowest BCUT2D eigenvalue weighted by atomic mass is 10.1. The van der Waals surface area contributed by atoms with Crippen LogP contribution in [-0.2, 0) is 38.1 Å². The quantitative estimate of drug-likeness (QED) is 0.111. The summed E-state index contributed by atoms with van der Waals surface area (Å²) >= 11 is 0. The fraction of sp³-hybridized carbons (Fsp3) is 0.583. The van der Waals surface area contributed by atoms with E-state index in [-0.39, 0.29) is 12.5 Å². The molecule has 19 nitrogen and oxygen atoms in total. The van der Waals surface area contributed by atoms with Crippen molar-refractivity contribution in [2.24, 2.45) is 0 Å². The number of aliphatic hydroxyl groups is 2. The number of hydrogen-bond acceptors (Lipinski definition) is 13. The molecular formula is C12H22N6O13P3+. The maximum Gasteiger partial charge on any atom is 0.490 e. The molecule has 192 valence electrons. The van der Waals surface area contributed by atoms with Gasteiger partial charge in [0.15, 0.2) is 11.8 Å². The molecule has 3 heterocycles. The number of fused-ring (bicyclic) bond motifs is 1. The van der Waals surface area contributed by atoms with Crippen LogP contribution in [0.1, 0.15) is 0 Å². The highest BCUT2D eigenvalue weighted by Crippen LogP contribution is 2.66. The van der Waals surface area contributed by atoms with Gasteiger partial charge in [-0.2, -0.15) is 8.62 Å². The van der Waals surface area contributed by atoms with E-state index in [1.165, 1.54) is 10.9 Å². The van der Waals surface area contributed by atoms with Crippen molar-refractivity contribution in [3.63, 3.8) is 0 Å². The smallest absolute Gasteiger partial charge is 0.388 e. The molecule has 34 heavy (non-hydrogen) atoms. The zero-order chi connectivity index (χ0) is 25.5. The number of nitrogens with zero attached hydrogens (tertiary/aromatic N) is 3. The number of imidazole rings is 1. The summed E-state index contributed by atoms with van der Waals surface area (Å²) in [5.74, 6) is 0.397. The lowest BCUT2D eigenvalue weighted by molar-refractivity contribution is -0.669. The molecule has 2 aromatic heterocycles. The number of aliphatic hydroxyl groups excluding tert-OH is 2. The number of nitrogens with one attached hydrogen (secondary N) is 2. The van der Waals surface area contributed by atoms with Crippen LogP contribution in [0.5, 0.6) is 0 Å². The number of aromatic nitrogens is 4. The van der Waals surface area contributed by atoms with Gasteiger partial charge in [0, 0.05) is 7.05 Å². The molecule has 0 aromatic carbocycles. The summed E-state index contributed by atoms with van der Waals surface area (Å²) in [5.41, 5.74) is 6.80. The number of nitrogen functional groups attached to an aromatic ring is 1. The zero-order valence-corrected chi connectivity index (χ0v) is 19.8. The number of ether oxygens (including phenoxy) is 1. The number of hydrogen-bond donors (Lipinski definition) is 9. The van der Waals surface area contributed by atoms with E-state index in [4.69, 9.17) is 25.2 Å². The van der Waals surface area contributed by atoms with Gasteiger partial charge in [-0.3, -0.25) is 4.52 Å². The lowest BCUT2D eigenvalue weighted by Gasteiger charge is -2.19. The molecule has 6 atom stereocenters. The molecule has 0 aliphatic carbocycles. The Balaban J connectivity index is 1.68. The SMILES string of the molecule is CNc1nc(N)[n+](C[C@@H]2O[C@H](COP(=O)(O)OP(=O)(O)OP(=O)(O)O)C(O)[C@@H]2O)c2nc[nH]c12. The van der Waals surface area contributed by atoms with Crippen molar-refractivity contribution in [2.75, 3.05) is 24.7 Å². The van der Waals surface area contributed by atoms with Gasteiger partial charge in [-0.1, -0.05) is 4.98 Å². The Bertz CT molecular complexity index is 1190. The topological polar surface area (TPSA) is 293 Å². The highest BCUT2D eigenvalue weighted by Gasteiger charge is 2.46. The number of phosphoric acid groups is 3. The summed E-state index contributed by atoms with van der Waals surface area (Å²) in [6.07, 6.45) is -4.34. The van der Waals surface area contributed by atoms with E-state index in [1.807, 2.05) is 0 Å². The fourth-order valence-electron chi connectivity index (χ4n) is 3.13. The van der Waals surface area contributed by atoms with Crippen LogP contribution in [-0.4, -0.2) is 82.8 Å². The second kappa shape index (κ2) is 9.83. The first-order chi connectivity index (χ1) is 15.6. The predicted molar refractivity (Wildman–Crippen MR) is 109 cm³/mol. The molecule has 0 radical (unpaired) electrons. The van der Waals surface area contributed by atoms with Gasteiger partial charge in [-0.15, -0.1) is 4.98 Å². The van der Waals surface area contributed by atoms with Gasteiger partial charge >= 0.3 is 29.4 Å². The molecule has 1 aliphatic rings. The van der Waals surface area contributed by atoms with Crippen molar-refractivity contribution in [3.05, 3.63) is 6.33 Å².